The van der Waals surface area contributed by atoms with E-state index in [1.807, 2.05) is 7.05 Å². The maximum Gasteiger partial charge on any atom is 0.0574 e. The molecule has 0 bridgehead atoms. The Hall–Kier alpha value is -1.60. The van der Waals surface area contributed by atoms with Gasteiger partial charge in [0.2, 0.25) is 0 Å². The quantitative estimate of drug-likeness (QED) is 0.839. The van der Waals surface area contributed by atoms with Crippen molar-refractivity contribution in [1.82, 2.24) is 5.32 Å². The molecular weight excluding hydrogens is 230 g/mol. The van der Waals surface area contributed by atoms with Crippen LogP contribution in [0, 0.1) is 6.92 Å². The molecule has 1 nitrogen and oxygen atoms in total. The largest absolute Gasteiger partial charge is 0.309 e. The Kier molecular flexibility index (Phi) is 4.75. The highest BCUT2D eigenvalue weighted by Crippen LogP contribution is 2.23. The summed E-state index contributed by atoms with van der Waals surface area (Å²) in [5.41, 5.74) is 5.38. The predicted octanol–water partition coefficient (Wildman–Crippen LogP) is 4.26. The number of hydrogen-bond acceptors (Lipinski definition) is 1. The van der Waals surface area contributed by atoms with Crippen molar-refractivity contribution in [3.8, 4) is 0 Å². The molecule has 0 aliphatic carbocycles. The Labute approximate surface area is 116 Å². The van der Waals surface area contributed by atoms with Crippen molar-refractivity contribution in [2.24, 2.45) is 0 Å². The van der Waals surface area contributed by atoms with Crippen LogP contribution in [0.3, 0.4) is 0 Å². The van der Waals surface area contributed by atoms with E-state index in [-0.39, 0.29) is 6.04 Å². The molecule has 0 aliphatic heterocycles. The van der Waals surface area contributed by atoms with E-state index in [4.69, 9.17) is 0 Å². The van der Waals surface area contributed by atoms with Gasteiger partial charge in [0.15, 0.2) is 0 Å². The van der Waals surface area contributed by atoms with Crippen LogP contribution < -0.4 is 5.32 Å². The summed E-state index contributed by atoms with van der Waals surface area (Å²) < 4.78 is 0. The minimum atomic E-state index is 0.274. The lowest BCUT2D eigenvalue weighted by molar-refractivity contribution is 0.690. The molecule has 0 radical (unpaired) electrons. The van der Waals surface area contributed by atoms with E-state index in [9.17, 15) is 0 Å². The number of aryl methyl sites for hydroxylation is 2. The van der Waals surface area contributed by atoms with Crippen molar-refractivity contribution >= 4 is 0 Å². The summed E-state index contributed by atoms with van der Waals surface area (Å²) in [6, 6.07) is 18.0. The van der Waals surface area contributed by atoms with Crippen LogP contribution in [-0.2, 0) is 6.42 Å². The zero-order valence-corrected chi connectivity index (χ0v) is 12.1. The zero-order valence-electron chi connectivity index (χ0n) is 12.1. The molecule has 1 N–H and O–H groups in total. The van der Waals surface area contributed by atoms with E-state index < -0.39 is 0 Å². The van der Waals surface area contributed by atoms with Crippen molar-refractivity contribution in [2.75, 3.05) is 7.05 Å². The summed E-state index contributed by atoms with van der Waals surface area (Å²) in [7, 11) is 2.02. The SMILES string of the molecule is CCCc1ccc(C(NC)c2cccc(C)c2)cc1. The van der Waals surface area contributed by atoms with Crippen LogP contribution >= 0.6 is 0 Å². The second-order valence-electron chi connectivity index (χ2n) is 5.13. The van der Waals surface area contributed by atoms with Gasteiger partial charge in [0, 0.05) is 0 Å². The molecule has 1 atom stereocenters. The molecule has 0 aliphatic rings. The highest BCUT2D eigenvalue weighted by molar-refractivity contribution is 5.35. The molecule has 100 valence electrons. The van der Waals surface area contributed by atoms with Crippen LogP contribution in [-0.4, -0.2) is 7.05 Å². The fourth-order valence-electron chi connectivity index (χ4n) is 2.54. The van der Waals surface area contributed by atoms with E-state index in [2.05, 4.69) is 67.7 Å². The van der Waals surface area contributed by atoms with Crippen LogP contribution in [0.5, 0.6) is 0 Å². The summed E-state index contributed by atoms with van der Waals surface area (Å²) >= 11 is 0. The first kappa shape index (κ1) is 13.8. The number of nitrogens with one attached hydrogen (secondary N) is 1. The Morgan fingerprint density at radius 3 is 2.32 bits per heavy atom. The van der Waals surface area contributed by atoms with Gasteiger partial charge in [0.05, 0.1) is 6.04 Å². The van der Waals surface area contributed by atoms with Crippen molar-refractivity contribution in [3.63, 3.8) is 0 Å². The third kappa shape index (κ3) is 3.45. The molecule has 0 heterocycles. The van der Waals surface area contributed by atoms with Gasteiger partial charge in [-0.1, -0.05) is 67.4 Å². The lowest BCUT2D eigenvalue weighted by Gasteiger charge is -2.18. The van der Waals surface area contributed by atoms with Gasteiger partial charge in [-0.2, -0.15) is 0 Å². The van der Waals surface area contributed by atoms with Crippen molar-refractivity contribution in [3.05, 3.63) is 70.8 Å². The van der Waals surface area contributed by atoms with Crippen LogP contribution in [0.1, 0.15) is 41.6 Å². The molecule has 2 aromatic carbocycles. The Morgan fingerprint density at radius 2 is 1.74 bits per heavy atom. The molecular formula is C18H23N. The van der Waals surface area contributed by atoms with Gasteiger partial charge >= 0.3 is 0 Å². The van der Waals surface area contributed by atoms with E-state index in [0.29, 0.717) is 0 Å². The lowest BCUT2D eigenvalue weighted by Crippen LogP contribution is -2.17. The van der Waals surface area contributed by atoms with Crippen molar-refractivity contribution in [1.29, 1.82) is 0 Å². The van der Waals surface area contributed by atoms with Crippen LogP contribution in [0.15, 0.2) is 48.5 Å². The van der Waals surface area contributed by atoms with Crippen LogP contribution in [0.25, 0.3) is 0 Å². The van der Waals surface area contributed by atoms with E-state index in [1.165, 1.54) is 28.7 Å². The third-order valence-corrected chi connectivity index (χ3v) is 3.52. The number of rotatable bonds is 5. The second-order valence-corrected chi connectivity index (χ2v) is 5.13. The summed E-state index contributed by atoms with van der Waals surface area (Å²) in [6.07, 6.45) is 2.36. The molecule has 0 saturated carbocycles. The maximum atomic E-state index is 3.41. The molecule has 0 saturated heterocycles. The Bertz CT molecular complexity index is 513. The molecule has 1 heteroatoms. The topological polar surface area (TPSA) is 12.0 Å². The third-order valence-electron chi connectivity index (χ3n) is 3.52. The second kappa shape index (κ2) is 6.53. The van der Waals surface area contributed by atoms with Gasteiger partial charge in [0.1, 0.15) is 0 Å². The van der Waals surface area contributed by atoms with Gasteiger partial charge in [-0.15, -0.1) is 0 Å². The molecule has 0 fully saturated rings. The van der Waals surface area contributed by atoms with Gasteiger partial charge < -0.3 is 5.32 Å². The number of hydrogen-bond donors (Lipinski definition) is 1. The first-order valence-corrected chi connectivity index (χ1v) is 7.07. The normalized spacial score (nSPS) is 12.4. The minimum absolute atomic E-state index is 0.274. The lowest BCUT2D eigenvalue weighted by atomic mass is 9.96. The monoisotopic (exact) mass is 253 g/mol. The molecule has 2 rings (SSSR count). The Morgan fingerprint density at radius 1 is 1.00 bits per heavy atom. The standard InChI is InChI=1S/C18H23N/c1-4-6-15-9-11-16(12-10-15)18(19-3)17-8-5-7-14(2)13-17/h5,7-13,18-19H,4,6H2,1-3H3. The summed E-state index contributed by atoms with van der Waals surface area (Å²) in [5, 5.41) is 3.41. The fourth-order valence-corrected chi connectivity index (χ4v) is 2.54. The van der Waals surface area contributed by atoms with Crippen molar-refractivity contribution in [2.45, 2.75) is 32.7 Å². The first-order valence-electron chi connectivity index (χ1n) is 7.07. The van der Waals surface area contributed by atoms with Gasteiger partial charge in [-0.3, -0.25) is 0 Å². The highest BCUT2D eigenvalue weighted by Gasteiger charge is 2.11. The highest BCUT2D eigenvalue weighted by atomic mass is 14.9. The van der Waals surface area contributed by atoms with Crippen LogP contribution in [0.4, 0.5) is 0 Å². The summed E-state index contributed by atoms with van der Waals surface area (Å²) in [4.78, 5) is 0. The maximum absolute atomic E-state index is 3.41. The Balaban J connectivity index is 2.26. The average molecular weight is 253 g/mol. The molecule has 0 aromatic heterocycles. The summed E-state index contributed by atoms with van der Waals surface area (Å²) in [6.45, 7) is 4.36. The van der Waals surface area contributed by atoms with Gasteiger partial charge in [-0.25, -0.2) is 0 Å². The molecule has 2 aromatic rings. The van der Waals surface area contributed by atoms with E-state index in [0.717, 1.165) is 6.42 Å². The predicted molar refractivity (Wildman–Crippen MR) is 82.5 cm³/mol. The van der Waals surface area contributed by atoms with Crippen molar-refractivity contribution < 1.29 is 0 Å². The molecule has 19 heavy (non-hydrogen) atoms. The van der Waals surface area contributed by atoms with Crippen LogP contribution in [0.2, 0.25) is 0 Å². The summed E-state index contributed by atoms with van der Waals surface area (Å²) in [5.74, 6) is 0. The minimum Gasteiger partial charge on any atom is -0.309 e. The van der Waals surface area contributed by atoms with Gasteiger partial charge in [-0.05, 0) is 37.1 Å². The molecule has 0 amide bonds. The average Bonchev–Trinajstić information content (AvgIpc) is 2.42. The molecule has 0 spiro atoms. The fraction of sp³-hybridized carbons (Fsp3) is 0.333. The smallest absolute Gasteiger partial charge is 0.0574 e. The first-order chi connectivity index (χ1) is 9.24. The van der Waals surface area contributed by atoms with E-state index >= 15 is 0 Å². The van der Waals surface area contributed by atoms with E-state index in [1.54, 1.807) is 0 Å². The van der Waals surface area contributed by atoms with Gasteiger partial charge in [0.25, 0.3) is 0 Å². The number of benzene rings is 2. The molecule has 1 unspecified atom stereocenters. The zero-order chi connectivity index (χ0) is 13.7.